The number of carbonyl (C=O) groups is 2. The van der Waals surface area contributed by atoms with Gasteiger partial charge in [0.1, 0.15) is 0 Å². The molecule has 8 heteroatoms. The first-order valence-corrected chi connectivity index (χ1v) is 7.41. The van der Waals surface area contributed by atoms with Gasteiger partial charge in [0.15, 0.2) is 12.7 Å². The van der Waals surface area contributed by atoms with Gasteiger partial charge in [-0.1, -0.05) is 6.08 Å². The van der Waals surface area contributed by atoms with E-state index < -0.39 is 23.6 Å². The minimum absolute atomic E-state index is 0.0114. The molecule has 0 aromatic heterocycles. The highest BCUT2D eigenvalue weighted by atomic mass is 16.6. The van der Waals surface area contributed by atoms with Gasteiger partial charge < -0.3 is 14.4 Å². The van der Waals surface area contributed by atoms with Gasteiger partial charge >= 0.3 is 5.97 Å². The summed E-state index contributed by atoms with van der Waals surface area (Å²) in [5, 5.41) is 10.8. The molecule has 0 fully saturated rings. The Morgan fingerprint density at radius 1 is 1.50 bits per heavy atom. The van der Waals surface area contributed by atoms with Gasteiger partial charge in [-0.15, -0.1) is 6.58 Å². The summed E-state index contributed by atoms with van der Waals surface area (Å²) in [6, 6.07) is 4.34. The van der Waals surface area contributed by atoms with Crippen LogP contribution in [-0.2, 0) is 25.5 Å². The molecular formula is C16H18N2O6. The summed E-state index contributed by atoms with van der Waals surface area (Å²) >= 11 is 0. The lowest BCUT2D eigenvalue weighted by molar-refractivity contribution is -0.384. The molecule has 0 radical (unpaired) electrons. The minimum atomic E-state index is -0.788. The highest BCUT2D eigenvalue weighted by Crippen LogP contribution is 2.31. The number of fused-ring (bicyclic) bond motifs is 1. The average molecular weight is 334 g/mol. The van der Waals surface area contributed by atoms with Crippen LogP contribution in [-0.4, -0.2) is 42.7 Å². The molecular weight excluding hydrogens is 316 g/mol. The van der Waals surface area contributed by atoms with E-state index in [1.54, 1.807) is 0 Å². The zero-order chi connectivity index (χ0) is 17.7. The van der Waals surface area contributed by atoms with E-state index in [1.807, 2.05) is 0 Å². The number of nitrogens with zero attached hydrogens (tertiary/aromatic N) is 2. The maximum Gasteiger partial charge on any atom is 0.335 e. The first-order chi connectivity index (χ1) is 11.4. The predicted molar refractivity (Wildman–Crippen MR) is 85.7 cm³/mol. The number of rotatable bonds is 7. The molecule has 1 atom stereocenters. The topological polar surface area (TPSA) is 99.0 Å². The summed E-state index contributed by atoms with van der Waals surface area (Å²) < 4.78 is 10.1. The maximum absolute atomic E-state index is 12.2. The van der Waals surface area contributed by atoms with Crippen molar-refractivity contribution in [3.05, 3.63) is 46.5 Å². The summed E-state index contributed by atoms with van der Waals surface area (Å²) in [6.45, 7) is 5.21. The zero-order valence-corrected chi connectivity index (χ0v) is 13.3. The fourth-order valence-electron chi connectivity index (χ4n) is 2.37. The molecule has 0 saturated heterocycles. The van der Waals surface area contributed by atoms with Crippen molar-refractivity contribution < 1.29 is 24.0 Å². The van der Waals surface area contributed by atoms with Crippen LogP contribution < -0.4 is 4.90 Å². The van der Waals surface area contributed by atoms with E-state index >= 15 is 0 Å². The fraction of sp³-hybridized carbons (Fsp3) is 0.375. The van der Waals surface area contributed by atoms with Crippen molar-refractivity contribution in [1.29, 1.82) is 0 Å². The third-order valence-electron chi connectivity index (χ3n) is 3.60. The monoisotopic (exact) mass is 334 g/mol. The molecule has 2 rings (SSSR count). The second-order valence-corrected chi connectivity index (χ2v) is 5.24. The molecule has 8 nitrogen and oxygen atoms in total. The van der Waals surface area contributed by atoms with Crippen molar-refractivity contribution in [3.8, 4) is 0 Å². The van der Waals surface area contributed by atoms with Crippen molar-refractivity contribution in [2.45, 2.75) is 19.4 Å². The average Bonchev–Trinajstić information content (AvgIpc) is 3.00. The van der Waals surface area contributed by atoms with E-state index in [9.17, 15) is 19.7 Å². The highest BCUT2D eigenvalue weighted by molar-refractivity contribution is 5.97. The van der Waals surface area contributed by atoms with E-state index in [0.717, 1.165) is 5.56 Å². The van der Waals surface area contributed by atoms with Crippen molar-refractivity contribution in [1.82, 2.24) is 0 Å². The lowest BCUT2D eigenvalue weighted by Gasteiger charge is -2.18. The van der Waals surface area contributed by atoms with E-state index in [0.29, 0.717) is 18.7 Å². The lowest BCUT2D eigenvalue weighted by Crippen LogP contribution is -2.35. The molecule has 1 aliphatic rings. The molecule has 0 spiro atoms. The van der Waals surface area contributed by atoms with Crippen molar-refractivity contribution in [2.24, 2.45) is 0 Å². The summed E-state index contributed by atoms with van der Waals surface area (Å²) in [5.41, 5.74) is 1.33. The van der Waals surface area contributed by atoms with Crippen LogP contribution in [0.3, 0.4) is 0 Å². The van der Waals surface area contributed by atoms with Gasteiger partial charge in [0.2, 0.25) is 0 Å². The Hall–Kier alpha value is -2.74. The number of esters is 1. The van der Waals surface area contributed by atoms with Gasteiger partial charge in [0.25, 0.3) is 11.6 Å². The summed E-state index contributed by atoms with van der Waals surface area (Å²) in [6.07, 6.45) is 1.24. The molecule has 1 unspecified atom stereocenters. The highest BCUT2D eigenvalue weighted by Gasteiger charge is 2.27. The normalized spacial score (nSPS) is 14.0. The van der Waals surface area contributed by atoms with Gasteiger partial charge in [0, 0.05) is 24.4 Å². The fourth-order valence-corrected chi connectivity index (χ4v) is 2.37. The number of hydrogen-bond donors (Lipinski definition) is 0. The molecule has 1 amide bonds. The number of nitro groups is 1. The van der Waals surface area contributed by atoms with Crippen LogP contribution in [0.2, 0.25) is 0 Å². The molecule has 1 aromatic carbocycles. The van der Waals surface area contributed by atoms with Crippen LogP contribution in [0.25, 0.3) is 0 Å². The number of anilines is 1. The predicted octanol–water partition coefficient (Wildman–Crippen LogP) is 1.62. The summed E-state index contributed by atoms with van der Waals surface area (Å²) in [7, 11) is 0. The van der Waals surface area contributed by atoms with E-state index in [4.69, 9.17) is 9.47 Å². The van der Waals surface area contributed by atoms with Crippen molar-refractivity contribution in [2.75, 3.05) is 24.7 Å². The Morgan fingerprint density at radius 2 is 2.25 bits per heavy atom. The smallest absolute Gasteiger partial charge is 0.335 e. The Balaban J connectivity index is 1.95. The molecule has 0 bridgehead atoms. The van der Waals surface area contributed by atoms with Crippen LogP contribution in [0.4, 0.5) is 11.4 Å². The number of amides is 1. The Bertz CT molecular complexity index is 673. The number of nitro benzene ring substituents is 1. The number of benzene rings is 1. The second kappa shape index (κ2) is 7.69. The SMILES string of the molecule is C=CCOC(C)C(=O)OCC(=O)N1CCc2cc([N+](=O)[O-])ccc21. The first-order valence-electron chi connectivity index (χ1n) is 7.41. The molecule has 24 heavy (non-hydrogen) atoms. The van der Waals surface area contributed by atoms with E-state index in [1.165, 1.54) is 36.1 Å². The second-order valence-electron chi connectivity index (χ2n) is 5.24. The first kappa shape index (κ1) is 17.6. The lowest BCUT2D eigenvalue weighted by atomic mass is 10.1. The van der Waals surface area contributed by atoms with Crippen LogP contribution in [0.5, 0.6) is 0 Å². The Kier molecular flexibility index (Phi) is 5.64. The molecule has 0 aliphatic carbocycles. The molecule has 1 aliphatic heterocycles. The van der Waals surface area contributed by atoms with Crippen LogP contribution in [0, 0.1) is 10.1 Å². The number of non-ortho nitro benzene ring substituents is 1. The van der Waals surface area contributed by atoms with Crippen LogP contribution in [0.1, 0.15) is 12.5 Å². The van der Waals surface area contributed by atoms with Gasteiger partial charge in [-0.2, -0.15) is 0 Å². The largest absolute Gasteiger partial charge is 0.454 e. The van der Waals surface area contributed by atoms with Crippen molar-refractivity contribution >= 4 is 23.3 Å². The number of carbonyl (C=O) groups excluding carboxylic acids is 2. The third kappa shape index (κ3) is 3.96. The van der Waals surface area contributed by atoms with Crippen molar-refractivity contribution in [3.63, 3.8) is 0 Å². The van der Waals surface area contributed by atoms with Crippen LogP contribution >= 0.6 is 0 Å². The van der Waals surface area contributed by atoms with E-state index in [2.05, 4.69) is 6.58 Å². The molecule has 0 N–H and O–H groups in total. The van der Waals surface area contributed by atoms with Crippen LogP contribution in [0.15, 0.2) is 30.9 Å². The molecule has 0 saturated carbocycles. The van der Waals surface area contributed by atoms with Gasteiger partial charge in [-0.25, -0.2) is 4.79 Å². The van der Waals surface area contributed by atoms with E-state index in [-0.39, 0.29) is 18.2 Å². The minimum Gasteiger partial charge on any atom is -0.454 e. The summed E-state index contributed by atoms with van der Waals surface area (Å²) in [4.78, 5) is 35.7. The Morgan fingerprint density at radius 3 is 2.92 bits per heavy atom. The molecule has 1 heterocycles. The van der Waals surface area contributed by atoms with Gasteiger partial charge in [0.05, 0.1) is 11.5 Å². The standard InChI is InChI=1S/C16H18N2O6/c1-3-8-23-11(2)16(20)24-10-15(19)17-7-6-12-9-13(18(21)22)4-5-14(12)17/h3-5,9,11H,1,6-8,10H2,2H3. The van der Waals surface area contributed by atoms with Gasteiger partial charge in [-0.3, -0.25) is 14.9 Å². The third-order valence-corrected chi connectivity index (χ3v) is 3.60. The molecule has 1 aromatic rings. The quantitative estimate of drug-likeness (QED) is 0.325. The number of ether oxygens (including phenoxy) is 2. The maximum atomic E-state index is 12.2. The zero-order valence-electron chi connectivity index (χ0n) is 13.3. The molecule has 128 valence electrons. The summed E-state index contributed by atoms with van der Waals surface area (Å²) in [5.74, 6) is -1.01. The Labute approximate surface area is 138 Å². The van der Waals surface area contributed by atoms with Gasteiger partial charge in [-0.05, 0) is 25.0 Å². The number of hydrogen-bond acceptors (Lipinski definition) is 6.